The number of benzene rings is 1. The van der Waals surface area contributed by atoms with Crippen LogP contribution in [0.2, 0.25) is 0 Å². The highest BCUT2D eigenvalue weighted by molar-refractivity contribution is 6.22. The number of piperidine rings is 1. The molecule has 2 saturated heterocycles. The van der Waals surface area contributed by atoms with Crippen molar-refractivity contribution in [2.24, 2.45) is 0 Å². The molecule has 112 valence electrons. The molecule has 0 unspecified atom stereocenters. The maximum Gasteiger partial charge on any atom is 0.251 e. The van der Waals surface area contributed by atoms with Gasteiger partial charge in [0.05, 0.1) is 18.2 Å². The molecule has 1 aromatic rings. The zero-order valence-corrected chi connectivity index (χ0v) is 12.5. The van der Waals surface area contributed by atoms with E-state index in [-0.39, 0.29) is 17.9 Å². The number of rotatable bonds is 3. The van der Waals surface area contributed by atoms with Crippen molar-refractivity contribution in [1.29, 1.82) is 0 Å². The summed E-state index contributed by atoms with van der Waals surface area (Å²) in [6.45, 7) is 3.10. The van der Waals surface area contributed by atoms with E-state index in [1.54, 1.807) is 0 Å². The van der Waals surface area contributed by atoms with E-state index in [0.29, 0.717) is 18.2 Å². The van der Waals surface area contributed by atoms with Crippen molar-refractivity contribution in [1.82, 2.24) is 4.90 Å². The van der Waals surface area contributed by atoms with Gasteiger partial charge in [-0.3, -0.25) is 14.5 Å². The number of imide groups is 1. The minimum Gasteiger partial charge on any atom is -0.289 e. The lowest BCUT2D eigenvalue weighted by molar-refractivity contribution is -0.123. The summed E-state index contributed by atoms with van der Waals surface area (Å²) >= 11 is 0. The van der Waals surface area contributed by atoms with E-state index in [9.17, 15) is 9.59 Å². The van der Waals surface area contributed by atoms with E-state index >= 15 is 0 Å². The maximum absolute atomic E-state index is 12.7. The molecule has 4 nitrogen and oxygen atoms in total. The summed E-state index contributed by atoms with van der Waals surface area (Å²) in [6, 6.07) is 9.44. The van der Waals surface area contributed by atoms with Crippen LogP contribution in [-0.4, -0.2) is 35.3 Å². The average molecular weight is 286 g/mol. The molecule has 0 bridgehead atoms. The molecule has 0 N–H and O–H groups in total. The van der Waals surface area contributed by atoms with Crippen LogP contribution in [0, 0.1) is 0 Å². The maximum atomic E-state index is 12.7. The van der Waals surface area contributed by atoms with Gasteiger partial charge in [-0.05, 0) is 37.9 Å². The molecular formula is C17H22N2O2. The van der Waals surface area contributed by atoms with Crippen molar-refractivity contribution in [3.05, 3.63) is 30.3 Å². The van der Waals surface area contributed by atoms with Crippen LogP contribution >= 0.6 is 0 Å². The first-order chi connectivity index (χ1) is 10.2. The number of hydrogen-bond acceptors (Lipinski definition) is 3. The molecule has 0 aromatic heterocycles. The molecule has 2 atom stereocenters. The quantitative estimate of drug-likeness (QED) is 0.802. The Balaban J connectivity index is 1.83. The number of para-hydroxylation sites is 1. The molecule has 0 aliphatic carbocycles. The van der Waals surface area contributed by atoms with Crippen LogP contribution in [0.15, 0.2) is 30.3 Å². The number of carbonyl (C=O) groups excluding carboxylic acids is 2. The second-order valence-electron chi connectivity index (χ2n) is 5.92. The Bertz CT molecular complexity index is 529. The Morgan fingerprint density at radius 3 is 2.62 bits per heavy atom. The van der Waals surface area contributed by atoms with Crippen molar-refractivity contribution in [3.63, 3.8) is 0 Å². The highest BCUT2D eigenvalue weighted by Crippen LogP contribution is 2.30. The Morgan fingerprint density at radius 2 is 1.90 bits per heavy atom. The fourth-order valence-corrected chi connectivity index (χ4v) is 3.60. The van der Waals surface area contributed by atoms with Crippen LogP contribution in [-0.2, 0) is 9.59 Å². The second-order valence-corrected chi connectivity index (χ2v) is 5.92. The highest BCUT2D eigenvalue weighted by atomic mass is 16.2. The zero-order valence-electron chi connectivity index (χ0n) is 12.5. The van der Waals surface area contributed by atoms with Gasteiger partial charge in [-0.15, -0.1) is 0 Å². The molecule has 1 aromatic carbocycles. The molecule has 2 aliphatic heterocycles. The van der Waals surface area contributed by atoms with Crippen LogP contribution < -0.4 is 4.90 Å². The lowest BCUT2D eigenvalue weighted by atomic mass is 9.97. The van der Waals surface area contributed by atoms with Gasteiger partial charge in [0.15, 0.2) is 0 Å². The van der Waals surface area contributed by atoms with E-state index in [2.05, 4.69) is 11.8 Å². The molecule has 3 rings (SSSR count). The molecule has 2 fully saturated rings. The first-order valence-corrected chi connectivity index (χ1v) is 7.90. The molecule has 2 aliphatic rings. The molecule has 21 heavy (non-hydrogen) atoms. The Kier molecular flexibility index (Phi) is 4.06. The molecule has 0 saturated carbocycles. The highest BCUT2D eigenvalue weighted by Gasteiger charge is 2.44. The molecule has 4 heteroatoms. The van der Waals surface area contributed by atoms with Crippen molar-refractivity contribution in [2.45, 2.75) is 51.1 Å². The Hall–Kier alpha value is -1.68. The van der Waals surface area contributed by atoms with Crippen LogP contribution in [0.5, 0.6) is 0 Å². The smallest absolute Gasteiger partial charge is 0.251 e. The fourth-order valence-electron chi connectivity index (χ4n) is 3.60. The summed E-state index contributed by atoms with van der Waals surface area (Å²) in [5.41, 5.74) is 0.694. The summed E-state index contributed by atoms with van der Waals surface area (Å²) in [4.78, 5) is 28.7. The van der Waals surface area contributed by atoms with E-state index < -0.39 is 0 Å². The van der Waals surface area contributed by atoms with Gasteiger partial charge in [-0.25, -0.2) is 4.90 Å². The minimum atomic E-state index is -0.261. The van der Waals surface area contributed by atoms with Crippen molar-refractivity contribution >= 4 is 17.5 Å². The topological polar surface area (TPSA) is 40.6 Å². The van der Waals surface area contributed by atoms with E-state index in [1.807, 2.05) is 30.3 Å². The molecule has 0 spiro atoms. The SMILES string of the molecule is CC[C@H]1CCCCN1[C@@H]1CC(=O)N(c2ccccc2)C1=O. The number of anilines is 1. The number of hydrogen-bond donors (Lipinski definition) is 0. The summed E-state index contributed by atoms with van der Waals surface area (Å²) in [5, 5.41) is 0. The first kappa shape index (κ1) is 14.3. The van der Waals surface area contributed by atoms with Crippen molar-refractivity contribution in [3.8, 4) is 0 Å². The lowest BCUT2D eigenvalue weighted by Crippen LogP contribution is -2.49. The molecule has 2 amide bonds. The monoisotopic (exact) mass is 286 g/mol. The van der Waals surface area contributed by atoms with Crippen LogP contribution in [0.3, 0.4) is 0 Å². The standard InChI is InChI=1S/C17H22N2O2/c1-2-13-8-6-7-11-18(13)15-12-16(20)19(17(15)21)14-9-4-3-5-10-14/h3-5,9-10,13,15H,2,6-8,11-12H2,1H3/t13-,15+/m0/s1. The number of likely N-dealkylation sites (tertiary alicyclic amines) is 1. The third-order valence-electron chi connectivity index (χ3n) is 4.68. The third-order valence-corrected chi connectivity index (χ3v) is 4.68. The van der Waals surface area contributed by atoms with Gasteiger partial charge in [-0.2, -0.15) is 0 Å². The number of amides is 2. The van der Waals surface area contributed by atoms with Crippen molar-refractivity contribution < 1.29 is 9.59 Å². The lowest BCUT2D eigenvalue weighted by Gasteiger charge is -2.38. The average Bonchev–Trinajstić information content (AvgIpc) is 2.83. The van der Waals surface area contributed by atoms with Crippen LogP contribution in [0.4, 0.5) is 5.69 Å². The normalized spacial score (nSPS) is 27.4. The summed E-state index contributed by atoms with van der Waals surface area (Å²) < 4.78 is 0. The van der Waals surface area contributed by atoms with E-state index in [0.717, 1.165) is 25.8 Å². The number of carbonyl (C=O) groups is 2. The van der Waals surface area contributed by atoms with E-state index in [4.69, 9.17) is 0 Å². The van der Waals surface area contributed by atoms with Gasteiger partial charge < -0.3 is 0 Å². The predicted octanol–water partition coefficient (Wildman–Crippen LogP) is 2.58. The van der Waals surface area contributed by atoms with Crippen LogP contribution in [0.25, 0.3) is 0 Å². The van der Waals surface area contributed by atoms with Gasteiger partial charge >= 0.3 is 0 Å². The third kappa shape index (κ3) is 2.60. The molecule has 0 radical (unpaired) electrons. The van der Waals surface area contributed by atoms with Crippen molar-refractivity contribution in [2.75, 3.05) is 11.4 Å². The first-order valence-electron chi connectivity index (χ1n) is 7.90. The number of nitrogens with zero attached hydrogens (tertiary/aromatic N) is 2. The molecular weight excluding hydrogens is 264 g/mol. The van der Waals surface area contributed by atoms with Crippen LogP contribution in [0.1, 0.15) is 39.0 Å². The van der Waals surface area contributed by atoms with Gasteiger partial charge in [0.25, 0.3) is 5.91 Å². The van der Waals surface area contributed by atoms with Gasteiger partial charge in [-0.1, -0.05) is 31.5 Å². The zero-order chi connectivity index (χ0) is 14.8. The largest absolute Gasteiger partial charge is 0.289 e. The fraction of sp³-hybridized carbons (Fsp3) is 0.529. The van der Waals surface area contributed by atoms with Gasteiger partial charge in [0, 0.05) is 6.04 Å². The Morgan fingerprint density at radius 1 is 1.14 bits per heavy atom. The second kappa shape index (κ2) is 5.98. The summed E-state index contributed by atoms with van der Waals surface area (Å²) in [6.07, 6.45) is 4.86. The summed E-state index contributed by atoms with van der Waals surface area (Å²) in [7, 11) is 0. The minimum absolute atomic E-state index is 0.0495. The van der Waals surface area contributed by atoms with Gasteiger partial charge in [0.2, 0.25) is 5.91 Å². The molecule has 2 heterocycles. The Labute approximate surface area is 125 Å². The van der Waals surface area contributed by atoms with E-state index in [1.165, 1.54) is 11.3 Å². The summed E-state index contributed by atoms with van der Waals surface area (Å²) in [5.74, 6) is -0.122. The predicted molar refractivity (Wildman–Crippen MR) is 82.0 cm³/mol. The van der Waals surface area contributed by atoms with Gasteiger partial charge in [0.1, 0.15) is 0 Å².